The van der Waals surface area contributed by atoms with E-state index in [1.54, 1.807) is 18.2 Å². The Morgan fingerprint density at radius 1 is 1.25 bits per heavy atom. The fourth-order valence-electron chi connectivity index (χ4n) is 2.53. The first kappa shape index (κ1) is 14.1. The van der Waals surface area contributed by atoms with Crippen LogP contribution in [-0.4, -0.2) is 21.0 Å². The summed E-state index contributed by atoms with van der Waals surface area (Å²) in [6, 6.07) is 10.4. The van der Waals surface area contributed by atoms with Crippen molar-refractivity contribution in [3.63, 3.8) is 0 Å². The molecule has 0 saturated carbocycles. The molecule has 7 nitrogen and oxygen atoms in total. The third kappa shape index (κ3) is 2.32. The van der Waals surface area contributed by atoms with Crippen LogP contribution in [-0.2, 0) is 0 Å². The lowest BCUT2D eigenvalue weighted by Gasteiger charge is -1.95. The molecule has 0 atom stereocenters. The molecule has 0 bridgehead atoms. The fraction of sp³-hybridized carbons (Fsp3) is 0.0588. The number of aromatic nitrogens is 2. The van der Waals surface area contributed by atoms with Gasteiger partial charge < -0.3 is 14.5 Å². The van der Waals surface area contributed by atoms with E-state index in [9.17, 15) is 9.90 Å². The smallest absolute Gasteiger partial charge is 0.295 e. The van der Waals surface area contributed by atoms with Crippen LogP contribution in [0.2, 0.25) is 0 Å². The Morgan fingerprint density at radius 3 is 3.00 bits per heavy atom. The van der Waals surface area contributed by atoms with E-state index in [-0.39, 0.29) is 11.6 Å². The van der Waals surface area contributed by atoms with Crippen LogP contribution in [0.15, 0.2) is 57.4 Å². The molecule has 2 aromatic heterocycles. The first-order valence-electron chi connectivity index (χ1n) is 7.22. The Morgan fingerprint density at radius 2 is 2.12 bits per heavy atom. The number of carbonyl (C=O) groups is 1. The Kier molecular flexibility index (Phi) is 3.13. The number of azo groups is 1. The Balaban J connectivity index is 1.69. The molecule has 4 rings (SSSR count). The normalized spacial score (nSPS) is 11.7. The van der Waals surface area contributed by atoms with Gasteiger partial charge >= 0.3 is 0 Å². The number of benzene rings is 2. The van der Waals surface area contributed by atoms with Gasteiger partial charge in [-0.05, 0) is 36.8 Å². The van der Waals surface area contributed by atoms with Crippen molar-refractivity contribution in [3.05, 3.63) is 53.9 Å². The van der Waals surface area contributed by atoms with Gasteiger partial charge in [0.1, 0.15) is 5.52 Å². The molecule has 0 aliphatic rings. The van der Waals surface area contributed by atoms with E-state index in [1.807, 2.05) is 25.1 Å². The summed E-state index contributed by atoms with van der Waals surface area (Å²) in [4.78, 5) is 19.0. The zero-order valence-electron chi connectivity index (χ0n) is 12.6. The molecular weight excluding hydrogens is 308 g/mol. The van der Waals surface area contributed by atoms with E-state index in [0.717, 1.165) is 11.1 Å². The summed E-state index contributed by atoms with van der Waals surface area (Å²) in [5.41, 5.74) is 3.52. The van der Waals surface area contributed by atoms with Crippen LogP contribution in [0.4, 0.5) is 5.69 Å². The molecule has 0 spiro atoms. The second kappa shape index (κ2) is 5.31. The number of oxazole rings is 1. The van der Waals surface area contributed by atoms with Gasteiger partial charge in [-0.3, -0.25) is 4.79 Å². The maximum absolute atomic E-state index is 12.2. The van der Waals surface area contributed by atoms with Gasteiger partial charge in [-0.2, -0.15) is 0 Å². The number of hydrogen-bond donors (Lipinski definition) is 2. The Hall–Kier alpha value is -3.48. The van der Waals surface area contributed by atoms with Crippen molar-refractivity contribution >= 4 is 33.6 Å². The standard InChI is InChI=1S/C17H12N4O3/c1-9-2-4-11-12(6-9)19-17(23)15(11)20-21-16(22)10-3-5-14-13(7-10)18-8-24-14/h2-8,19,23H,1H3. The van der Waals surface area contributed by atoms with Crippen molar-refractivity contribution in [1.29, 1.82) is 0 Å². The van der Waals surface area contributed by atoms with Crippen molar-refractivity contribution < 1.29 is 14.3 Å². The molecule has 7 heteroatoms. The van der Waals surface area contributed by atoms with E-state index >= 15 is 0 Å². The SMILES string of the molecule is Cc1ccc2c(N=NC(=O)c3ccc4ocnc4c3)c(O)[nH]c2c1. The molecule has 2 N–H and O–H groups in total. The van der Waals surface area contributed by atoms with Crippen LogP contribution in [0.5, 0.6) is 5.88 Å². The van der Waals surface area contributed by atoms with Crippen LogP contribution >= 0.6 is 0 Å². The van der Waals surface area contributed by atoms with E-state index in [0.29, 0.717) is 22.0 Å². The van der Waals surface area contributed by atoms with Crippen molar-refractivity contribution in [2.45, 2.75) is 6.92 Å². The minimum atomic E-state index is -0.527. The van der Waals surface area contributed by atoms with Crippen molar-refractivity contribution in [1.82, 2.24) is 9.97 Å². The molecule has 4 aromatic rings. The number of aromatic amines is 1. The number of rotatable bonds is 2. The average Bonchev–Trinajstić information content (AvgIpc) is 3.15. The summed E-state index contributed by atoms with van der Waals surface area (Å²) in [5, 5.41) is 18.3. The maximum atomic E-state index is 12.2. The average molecular weight is 320 g/mol. The van der Waals surface area contributed by atoms with Gasteiger partial charge in [0.25, 0.3) is 5.91 Å². The van der Waals surface area contributed by atoms with Gasteiger partial charge in [0.2, 0.25) is 5.88 Å². The first-order chi connectivity index (χ1) is 11.6. The molecule has 2 heterocycles. The summed E-state index contributed by atoms with van der Waals surface area (Å²) in [5.74, 6) is -0.653. The molecule has 24 heavy (non-hydrogen) atoms. The monoisotopic (exact) mass is 320 g/mol. The molecule has 0 unspecified atom stereocenters. The van der Waals surface area contributed by atoms with Gasteiger partial charge in [0, 0.05) is 10.9 Å². The predicted molar refractivity (Wildman–Crippen MR) is 87.6 cm³/mol. The molecule has 2 aromatic carbocycles. The number of carbonyl (C=O) groups excluding carboxylic acids is 1. The third-order valence-electron chi connectivity index (χ3n) is 3.73. The maximum Gasteiger partial charge on any atom is 0.295 e. The summed E-state index contributed by atoms with van der Waals surface area (Å²) in [7, 11) is 0. The van der Waals surface area contributed by atoms with Crippen molar-refractivity contribution in [2.75, 3.05) is 0 Å². The first-order valence-corrected chi connectivity index (χ1v) is 7.22. The van der Waals surface area contributed by atoms with Crippen molar-refractivity contribution in [2.24, 2.45) is 10.2 Å². The summed E-state index contributed by atoms with van der Waals surface area (Å²) in [6.45, 7) is 1.95. The van der Waals surface area contributed by atoms with Crippen LogP contribution in [0.3, 0.4) is 0 Å². The molecule has 0 aliphatic heterocycles. The topological polar surface area (TPSA) is 104 Å². The minimum Gasteiger partial charge on any atom is -0.493 e. The molecule has 0 radical (unpaired) electrons. The van der Waals surface area contributed by atoms with Gasteiger partial charge in [0.05, 0.1) is 5.52 Å². The Bertz CT molecular complexity index is 1110. The number of nitrogens with one attached hydrogen (secondary N) is 1. The largest absolute Gasteiger partial charge is 0.493 e. The summed E-state index contributed by atoms with van der Waals surface area (Å²) >= 11 is 0. The number of nitrogens with zero attached hydrogens (tertiary/aromatic N) is 3. The lowest BCUT2D eigenvalue weighted by atomic mass is 10.2. The second-order valence-electron chi connectivity index (χ2n) is 5.41. The van der Waals surface area contributed by atoms with E-state index in [2.05, 4.69) is 20.2 Å². The van der Waals surface area contributed by atoms with Gasteiger partial charge in [-0.15, -0.1) is 10.2 Å². The predicted octanol–water partition coefficient (Wildman–Crippen LogP) is 4.25. The Labute approximate surface area is 135 Å². The van der Waals surface area contributed by atoms with Crippen LogP contribution in [0.25, 0.3) is 22.0 Å². The number of aromatic hydroxyl groups is 1. The lowest BCUT2D eigenvalue weighted by Crippen LogP contribution is -1.93. The number of fused-ring (bicyclic) bond motifs is 2. The summed E-state index contributed by atoms with van der Waals surface area (Å²) in [6.07, 6.45) is 1.31. The zero-order chi connectivity index (χ0) is 16.7. The zero-order valence-corrected chi connectivity index (χ0v) is 12.6. The summed E-state index contributed by atoms with van der Waals surface area (Å²) < 4.78 is 5.13. The minimum absolute atomic E-state index is 0.126. The van der Waals surface area contributed by atoms with Gasteiger partial charge in [0.15, 0.2) is 17.7 Å². The van der Waals surface area contributed by atoms with Crippen LogP contribution in [0.1, 0.15) is 15.9 Å². The van der Waals surface area contributed by atoms with Crippen LogP contribution in [0, 0.1) is 6.92 Å². The quantitative estimate of drug-likeness (QED) is 0.539. The molecule has 0 saturated heterocycles. The van der Waals surface area contributed by atoms with Crippen LogP contribution < -0.4 is 0 Å². The number of H-pyrrole nitrogens is 1. The third-order valence-corrected chi connectivity index (χ3v) is 3.73. The van der Waals surface area contributed by atoms with Gasteiger partial charge in [-0.25, -0.2) is 4.98 Å². The fourth-order valence-corrected chi connectivity index (χ4v) is 2.53. The molecule has 1 amide bonds. The molecule has 0 aliphatic carbocycles. The molecule has 0 fully saturated rings. The van der Waals surface area contributed by atoms with E-state index in [1.165, 1.54) is 6.39 Å². The van der Waals surface area contributed by atoms with E-state index < -0.39 is 5.91 Å². The molecular formula is C17H12N4O3. The second-order valence-corrected chi connectivity index (χ2v) is 5.41. The highest BCUT2D eigenvalue weighted by atomic mass is 16.3. The highest BCUT2D eigenvalue weighted by molar-refractivity contribution is 5.98. The van der Waals surface area contributed by atoms with E-state index in [4.69, 9.17) is 4.42 Å². The van der Waals surface area contributed by atoms with Crippen molar-refractivity contribution in [3.8, 4) is 5.88 Å². The number of hydrogen-bond acceptors (Lipinski definition) is 5. The molecule has 118 valence electrons. The highest BCUT2D eigenvalue weighted by Gasteiger charge is 2.12. The number of aryl methyl sites for hydroxylation is 1. The number of amides is 1. The lowest BCUT2D eigenvalue weighted by molar-refractivity contribution is 0.0995. The highest BCUT2D eigenvalue weighted by Crippen LogP contribution is 2.35. The van der Waals surface area contributed by atoms with Gasteiger partial charge in [-0.1, -0.05) is 12.1 Å².